The van der Waals surface area contributed by atoms with Crippen molar-refractivity contribution < 1.29 is 13.2 Å². The molecule has 3 aromatic rings. The number of hydrogen-bond donors (Lipinski definition) is 3. The summed E-state index contributed by atoms with van der Waals surface area (Å²) in [6.07, 6.45) is 0.960. The van der Waals surface area contributed by atoms with Gasteiger partial charge in [0, 0.05) is 67.0 Å². The molecule has 8 nitrogen and oxygen atoms in total. The van der Waals surface area contributed by atoms with Gasteiger partial charge in [-0.2, -0.15) is 0 Å². The third-order valence-electron chi connectivity index (χ3n) is 6.32. The van der Waals surface area contributed by atoms with E-state index in [1.807, 2.05) is 30.3 Å². The third kappa shape index (κ3) is 4.39. The Bertz CT molecular complexity index is 1320. The molecule has 2 aliphatic heterocycles. The number of carbonyl (C=O) groups is 1. The Morgan fingerprint density at radius 2 is 1.79 bits per heavy atom. The summed E-state index contributed by atoms with van der Waals surface area (Å²) in [5.41, 5.74) is 3.64. The van der Waals surface area contributed by atoms with Crippen molar-refractivity contribution in [1.29, 1.82) is 0 Å². The third-order valence-corrected chi connectivity index (χ3v) is 7.71. The summed E-state index contributed by atoms with van der Waals surface area (Å²) in [6, 6.07) is 16.9. The van der Waals surface area contributed by atoms with Gasteiger partial charge in [0.25, 0.3) is 15.9 Å². The van der Waals surface area contributed by atoms with Crippen LogP contribution >= 0.6 is 0 Å². The van der Waals surface area contributed by atoms with E-state index in [9.17, 15) is 13.2 Å². The first-order chi connectivity index (χ1) is 16.5. The van der Waals surface area contributed by atoms with Crippen LogP contribution in [0.15, 0.2) is 59.5 Å². The Morgan fingerprint density at radius 1 is 1.03 bits per heavy atom. The Labute approximate surface area is 200 Å². The number of benzene rings is 3. The molecule has 0 atom stereocenters. The zero-order chi connectivity index (χ0) is 23.7. The fourth-order valence-electron chi connectivity index (χ4n) is 4.68. The number of hydrogen-bond acceptors (Lipinski definition) is 6. The summed E-state index contributed by atoms with van der Waals surface area (Å²) >= 11 is 0. The first kappa shape index (κ1) is 22.8. The van der Waals surface area contributed by atoms with E-state index in [-0.39, 0.29) is 10.8 Å². The van der Waals surface area contributed by atoms with Gasteiger partial charge in [-0.25, -0.2) is 13.4 Å². The topological polar surface area (TPSA) is 93.8 Å². The number of amides is 1. The van der Waals surface area contributed by atoms with E-state index in [1.165, 1.54) is 0 Å². The molecule has 34 heavy (non-hydrogen) atoms. The van der Waals surface area contributed by atoms with Crippen LogP contribution in [0.3, 0.4) is 0 Å². The van der Waals surface area contributed by atoms with Crippen molar-refractivity contribution in [3.8, 4) is 0 Å². The second-order valence-corrected chi connectivity index (χ2v) is 10.4. The smallest absolute Gasteiger partial charge is 0.256 e. The molecule has 2 heterocycles. The van der Waals surface area contributed by atoms with E-state index in [0.717, 1.165) is 53.8 Å². The van der Waals surface area contributed by atoms with Gasteiger partial charge in [0.1, 0.15) is 0 Å². The molecule has 178 valence electrons. The molecule has 3 aromatic carbocycles. The number of carbonyl (C=O) groups excluding carboxylic acids is 1. The number of anilines is 2. The quantitative estimate of drug-likeness (QED) is 0.460. The van der Waals surface area contributed by atoms with Crippen LogP contribution in [-0.2, 0) is 16.6 Å². The minimum absolute atomic E-state index is 0.0639. The van der Waals surface area contributed by atoms with E-state index in [1.54, 1.807) is 17.1 Å². The van der Waals surface area contributed by atoms with Crippen LogP contribution in [0.1, 0.15) is 29.3 Å². The number of hydrazine groups is 1. The van der Waals surface area contributed by atoms with Crippen molar-refractivity contribution >= 4 is 38.1 Å². The maximum Gasteiger partial charge on any atom is 0.256 e. The second kappa shape index (κ2) is 9.34. The van der Waals surface area contributed by atoms with Gasteiger partial charge >= 0.3 is 0 Å². The molecule has 1 saturated heterocycles. The Kier molecular flexibility index (Phi) is 6.26. The van der Waals surface area contributed by atoms with Crippen LogP contribution in [0.4, 0.5) is 11.4 Å². The molecule has 3 N–H and O–H groups in total. The van der Waals surface area contributed by atoms with Crippen LogP contribution < -0.4 is 20.4 Å². The zero-order valence-electron chi connectivity index (χ0n) is 19.2. The van der Waals surface area contributed by atoms with Crippen LogP contribution in [0.2, 0.25) is 0 Å². The minimum atomic E-state index is -3.61. The first-order valence-corrected chi connectivity index (χ1v) is 13.1. The number of rotatable bonds is 8. The molecule has 0 unspecified atom stereocenters. The molecule has 9 heteroatoms. The molecule has 1 fully saturated rings. The second-order valence-electron chi connectivity index (χ2n) is 8.71. The highest BCUT2D eigenvalue weighted by Crippen LogP contribution is 2.39. The molecule has 1 amide bonds. The average molecular weight is 480 g/mol. The molecule has 0 aromatic heterocycles. The molecular formula is C25H29N5O3S. The molecule has 2 aliphatic rings. The maximum absolute atomic E-state index is 12.8. The Morgan fingerprint density at radius 3 is 2.53 bits per heavy atom. The highest BCUT2D eigenvalue weighted by atomic mass is 32.2. The largest absolute Gasteiger partial charge is 0.367 e. The van der Waals surface area contributed by atoms with Crippen molar-refractivity contribution in [1.82, 2.24) is 15.2 Å². The fraction of sp³-hybridized carbons (Fsp3) is 0.320. The number of nitrogens with zero attached hydrogens (tertiary/aromatic N) is 2. The predicted molar refractivity (Wildman–Crippen MR) is 134 cm³/mol. The highest BCUT2D eigenvalue weighted by Gasteiger charge is 2.24. The van der Waals surface area contributed by atoms with Crippen molar-refractivity contribution in [3.05, 3.63) is 65.7 Å². The highest BCUT2D eigenvalue weighted by molar-refractivity contribution is 7.89. The number of nitrogens with one attached hydrogen (secondary N) is 3. The summed E-state index contributed by atoms with van der Waals surface area (Å²) in [5.74, 6) is -0.0639. The summed E-state index contributed by atoms with van der Waals surface area (Å²) < 4.78 is 25.6. The van der Waals surface area contributed by atoms with Crippen LogP contribution in [-0.4, -0.2) is 52.1 Å². The van der Waals surface area contributed by atoms with Gasteiger partial charge in [-0.1, -0.05) is 31.2 Å². The van der Waals surface area contributed by atoms with Crippen molar-refractivity contribution in [2.45, 2.75) is 24.8 Å². The van der Waals surface area contributed by atoms with Crippen LogP contribution in [0, 0.1) is 0 Å². The van der Waals surface area contributed by atoms with Gasteiger partial charge in [-0.3, -0.25) is 4.79 Å². The number of sulfonamides is 1. The SMILES string of the molecule is CCCN(Cc1ccc(S(=O)(=O)NN2CCNCC2)cc1)c1ccc2c3c(cccc13)C(=O)N2. The van der Waals surface area contributed by atoms with Crippen molar-refractivity contribution in [2.75, 3.05) is 42.9 Å². The predicted octanol–water partition coefficient (Wildman–Crippen LogP) is 2.92. The zero-order valence-corrected chi connectivity index (χ0v) is 20.0. The van der Waals surface area contributed by atoms with E-state index < -0.39 is 10.0 Å². The van der Waals surface area contributed by atoms with Crippen molar-refractivity contribution in [3.63, 3.8) is 0 Å². The monoisotopic (exact) mass is 479 g/mol. The lowest BCUT2D eigenvalue weighted by Gasteiger charge is -2.27. The van der Waals surface area contributed by atoms with Crippen LogP contribution in [0.25, 0.3) is 10.8 Å². The van der Waals surface area contributed by atoms with Gasteiger partial charge in [-0.05, 0) is 42.3 Å². The van der Waals surface area contributed by atoms with E-state index in [2.05, 4.69) is 39.4 Å². The number of piperazine rings is 1. The first-order valence-electron chi connectivity index (χ1n) is 11.7. The summed E-state index contributed by atoms with van der Waals surface area (Å²) in [7, 11) is -3.61. The summed E-state index contributed by atoms with van der Waals surface area (Å²) in [6.45, 7) is 6.41. The lowest BCUT2D eigenvalue weighted by atomic mass is 10.0. The molecule has 0 radical (unpaired) electrons. The van der Waals surface area contributed by atoms with Gasteiger partial charge < -0.3 is 15.5 Å². The summed E-state index contributed by atoms with van der Waals surface area (Å²) in [4.78, 5) is 17.5. The Hall–Kier alpha value is -2.98. The molecule has 0 saturated carbocycles. The Balaban J connectivity index is 1.39. The normalized spacial score (nSPS) is 16.1. The van der Waals surface area contributed by atoms with Crippen molar-refractivity contribution in [2.24, 2.45) is 0 Å². The van der Waals surface area contributed by atoms with Crippen LogP contribution in [0.5, 0.6) is 0 Å². The van der Waals surface area contributed by atoms with Gasteiger partial charge in [-0.15, -0.1) is 4.83 Å². The van der Waals surface area contributed by atoms with Gasteiger partial charge in [0.05, 0.1) is 4.90 Å². The van der Waals surface area contributed by atoms with Gasteiger partial charge in [0.2, 0.25) is 0 Å². The summed E-state index contributed by atoms with van der Waals surface area (Å²) in [5, 5.41) is 9.89. The van der Waals surface area contributed by atoms with Gasteiger partial charge in [0.15, 0.2) is 0 Å². The van der Waals surface area contributed by atoms with E-state index in [4.69, 9.17) is 0 Å². The molecular weight excluding hydrogens is 450 g/mol. The fourth-order valence-corrected chi connectivity index (χ4v) is 5.80. The van der Waals surface area contributed by atoms with E-state index >= 15 is 0 Å². The lowest BCUT2D eigenvalue weighted by molar-refractivity contribution is 0.103. The average Bonchev–Trinajstić information content (AvgIpc) is 3.17. The standard InChI is InChI=1S/C25H29N5O3S/c1-2-14-29(23-11-10-22-24-20(23)4-3-5-21(24)25(31)27-22)17-18-6-8-19(9-7-18)34(32,33)28-30-15-12-26-13-16-30/h3-11,26,28H,2,12-17H2,1H3,(H,27,31). The molecule has 5 rings (SSSR count). The molecule has 0 spiro atoms. The minimum Gasteiger partial charge on any atom is -0.367 e. The molecule has 0 aliphatic carbocycles. The lowest BCUT2D eigenvalue weighted by Crippen LogP contribution is -2.52. The maximum atomic E-state index is 12.8. The molecule has 0 bridgehead atoms. The van der Waals surface area contributed by atoms with E-state index in [0.29, 0.717) is 25.2 Å².